The van der Waals surface area contributed by atoms with Crippen molar-refractivity contribution in [2.45, 2.75) is 33.0 Å². The van der Waals surface area contributed by atoms with E-state index in [0.29, 0.717) is 6.04 Å². The topological polar surface area (TPSA) is 17.0 Å². The molecule has 2 nitrogen and oxygen atoms in total. The summed E-state index contributed by atoms with van der Waals surface area (Å²) in [5.74, 6) is 0. The summed E-state index contributed by atoms with van der Waals surface area (Å²) in [5, 5.41) is 3.46. The zero-order valence-electron chi connectivity index (χ0n) is 10.9. The largest absolute Gasteiger partial charge is 0.346 e. The fraction of sp³-hybridized carbons (Fsp3) is 0.333. The van der Waals surface area contributed by atoms with Gasteiger partial charge in [0.15, 0.2) is 0 Å². The maximum Gasteiger partial charge on any atom is 0.0473 e. The quantitative estimate of drug-likeness (QED) is 0.812. The molecule has 1 heterocycles. The minimum atomic E-state index is 0.520. The van der Waals surface area contributed by atoms with Gasteiger partial charge >= 0.3 is 0 Å². The molecule has 0 aliphatic heterocycles. The van der Waals surface area contributed by atoms with Crippen LogP contribution in [0.3, 0.4) is 0 Å². The molecule has 0 aliphatic carbocycles. The zero-order valence-corrected chi connectivity index (χ0v) is 13.0. The van der Waals surface area contributed by atoms with Crippen LogP contribution in [0, 0.1) is 3.57 Å². The van der Waals surface area contributed by atoms with E-state index >= 15 is 0 Å². The van der Waals surface area contributed by atoms with Gasteiger partial charge in [-0.25, -0.2) is 0 Å². The molecule has 18 heavy (non-hydrogen) atoms. The van der Waals surface area contributed by atoms with Gasteiger partial charge in [0, 0.05) is 34.6 Å². The molecule has 1 aromatic heterocycles. The van der Waals surface area contributed by atoms with E-state index < -0.39 is 0 Å². The predicted molar refractivity (Wildman–Crippen MR) is 84.7 cm³/mol. The minimum Gasteiger partial charge on any atom is -0.346 e. The second kappa shape index (κ2) is 6.38. The molecule has 1 N–H and O–H groups in total. The van der Waals surface area contributed by atoms with E-state index in [1.807, 2.05) is 0 Å². The Kier molecular flexibility index (Phi) is 4.83. The molecule has 96 valence electrons. The highest BCUT2D eigenvalue weighted by atomic mass is 127. The van der Waals surface area contributed by atoms with Crippen LogP contribution in [0.2, 0.25) is 0 Å². The van der Waals surface area contributed by atoms with Gasteiger partial charge in [-0.3, -0.25) is 0 Å². The van der Waals surface area contributed by atoms with Gasteiger partial charge in [0.1, 0.15) is 0 Å². The van der Waals surface area contributed by atoms with E-state index in [2.05, 4.69) is 88.9 Å². The van der Waals surface area contributed by atoms with Crippen molar-refractivity contribution in [3.63, 3.8) is 0 Å². The number of hydrogen-bond acceptors (Lipinski definition) is 1. The van der Waals surface area contributed by atoms with Crippen molar-refractivity contribution in [2.24, 2.45) is 0 Å². The number of hydrogen-bond donors (Lipinski definition) is 1. The molecule has 0 saturated heterocycles. The Balaban J connectivity index is 2.05. The first-order valence-electron chi connectivity index (χ1n) is 6.27. The molecule has 1 aromatic carbocycles. The third-order valence-corrected chi connectivity index (χ3v) is 3.60. The van der Waals surface area contributed by atoms with Crippen molar-refractivity contribution < 1.29 is 0 Å². The molecular formula is C15H19IN2. The van der Waals surface area contributed by atoms with Crippen LogP contribution in [0.1, 0.15) is 25.1 Å². The summed E-state index contributed by atoms with van der Waals surface area (Å²) < 4.78 is 3.59. The highest BCUT2D eigenvalue weighted by Gasteiger charge is 2.02. The van der Waals surface area contributed by atoms with E-state index in [-0.39, 0.29) is 0 Å². The number of halogens is 1. The zero-order chi connectivity index (χ0) is 13.0. The van der Waals surface area contributed by atoms with Gasteiger partial charge in [-0.15, -0.1) is 0 Å². The van der Waals surface area contributed by atoms with Gasteiger partial charge in [0.05, 0.1) is 0 Å². The van der Waals surface area contributed by atoms with Crippen LogP contribution in [-0.2, 0) is 13.1 Å². The Morgan fingerprint density at radius 2 is 1.89 bits per heavy atom. The lowest BCUT2D eigenvalue weighted by molar-refractivity contribution is 0.564. The Labute approximate surface area is 123 Å². The number of rotatable bonds is 5. The van der Waals surface area contributed by atoms with Gasteiger partial charge in [-0.2, -0.15) is 0 Å². The molecule has 0 aliphatic rings. The van der Waals surface area contributed by atoms with Crippen LogP contribution in [0.15, 0.2) is 42.6 Å². The van der Waals surface area contributed by atoms with Gasteiger partial charge < -0.3 is 9.88 Å². The lowest BCUT2D eigenvalue weighted by atomic mass is 10.2. The maximum atomic E-state index is 3.46. The van der Waals surface area contributed by atoms with Crippen molar-refractivity contribution >= 4 is 22.6 Å². The van der Waals surface area contributed by atoms with Gasteiger partial charge in [0.2, 0.25) is 0 Å². The normalized spacial score (nSPS) is 11.1. The predicted octanol–water partition coefficient (Wildman–Crippen LogP) is 3.64. The molecular weight excluding hydrogens is 335 g/mol. The number of benzene rings is 1. The third kappa shape index (κ3) is 3.85. The molecule has 0 bridgehead atoms. The van der Waals surface area contributed by atoms with Crippen LogP contribution < -0.4 is 5.32 Å². The van der Waals surface area contributed by atoms with Crippen LogP contribution >= 0.6 is 22.6 Å². The summed E-state index contributed by atoms with van der Waals surface area (Å²) in [6, 6.07) is 13.5. The smallest absolute Gasteiger partial charge is 0.0473 e. The molecule has 0 radical (unpaired) electrons. The standard InChI is InChI=1S/C15H19IN2/c1-12(2)17-10-15-4-3-9-18(15)11-13-5-7-14(16)8-6-13/h3-9,12,17H,10-11H2,1-2H3. The average molecular weight is 354 g/mol. The molecule has 3 heteroatoms. The van der Waals surface area contributed by atoms with Crippen molar-refractivity contribution in [2.75, 3.05) is 0 Å². The SMILES string of the molecule is CC(C)NCc1cccn1Cc1ccc(I)cc1. The summed E-state index contributed by atoms with van der Waals surface area (Å²) in [6.45, 7) is 6.22. The van der Waals surface area contributed by atoms with Crippen LogP contribution in [0.25, 0.3) is 0 Å². The van der Waals surface area contributed by atoms with E-state index in [9.17, 15) is 0 Å². The minimum absolute atomic E-state index is 0.520. The molecule has 2 rings (SSSR count). The van der Waals surface area contributed by atoms with Crippen molar-refractivity contribution in [3.8, 4) is 0 Å². The second-order valence-electron chi connectivity index (χ2n) is 4.79. The fourth-order valence-electron chi connectivity index (χ4n) is 1.86. The highest BCUT2D eigenvalue weighted by Crippen LogP contribution is 2.11. The summed E-state index contributed by atoms with van der Waals surface area (Å²) in [7, 11) is 0. The van der Waals surface area contributed by atoms with Crippen molar-refractivity contribution in [1.82, 2.24) is 9.88 Å². The monoisotopic (exact) mass is 354 g/mol. The summed E-state index contributed by atoms with van der Waals surface area (Å²) in [4.78, 5) is 0. The van der Waals surface area contributed by atoms with Crippen LogP contribution in [0.5, 0.6) is 0 Å². The van der Waals surface area contributed by atoms with Crippen molar-refractivity contribution in [3.05, 3.63) is 57.4 Å². The molecule has 0 spiro atoms. The van der Waals surface area contributed by atoms with E-state index in [4.69, 9.17) is 0 Å². The fourth-order valence-corrected chi connectivity index (χ4v) is 2.22. The second-order valence-corrected chi connectivity index (χ2v) is 6.04. The number of nitrogens with zero attached hydrogens (tertiary/aromatic N) is 1. The summed E-state index contributed by atoms with van der Waals surface area (Å²) in [6.07, 6.45) is 2.15. The highest BCUT2D eigenvalue weighted by molar-refractivity contribution is 14.1. The van der Waals surface area contributed by atoms with Crippen molar-refractivity contribution in [1.29, 1.82) is 0 Å². The van der Waals surface area contributed by atoms with Crippen LogP contribution in [0.4, 0.5) is 0 Å². The first kappa shape index (κ1) is 13.6. The first-order valence-corrected chi connectivity index (χ1v) is 7.35. The molecule has 0 amide bonds. The van der Waals surface area contributed by atoms with Gasteiger partial charge in [-0.1, -0.05) is 26.0 Å². The van der Waals surface area contributed by atoms with Gasteiger partial charge in [-0.05, 0) is 52.4 Å². The Morgan fingerprint density at radius 3 is 2.56 bits per heavy atom. The molecule has 0 fully saturated rings. The van der Waals surface area contributed by atoms with Gasteiger partial charge in [0.25, 0.3) is 0 Å². The maximum absolute atomic E-state index is 3.46. The molecule has 0 unspecified atom stereocenters. The molecule has 2 aromatic rings. The van der Waals surface area contributed by atoms with E-state index in [1.165, 1.54) is 14.8 Å². The average Bonchev–Trinajstić information content (AvgIpc) is 2.77. The summed E-state index contributed by atoms with van der Waals surface area (Å²) in [5.41, 5.74) is 2.68. The number of nitrogens with one attached hydrogen (secondary N) is 1. The third-order valence-electron chi connectivity index (χ3n) is 2.88. The van der Waals surface area contributed by atoms with E-state index in [0.717, 1.165) is 13.1 Å². The Morgan fingerprint density at radius 1 is 1.17 bits per heavy atom. The Bertz CT molecular complexity index is 485. The van der Waals surface area contributed by atoms with Crippen LogP contribution in [-0.4, -0.2) is 10.6 Å². The van der Waals surface area contributed by atoms with E-state index in [1.54, 1.807) is 0 Å². The lowest BCUT2D eigenvalue weighted by Gasteiger charge is -2.12. The first-order chi connectivity index (χ1) is 8.65. The summed E-state index contributed by atoms with van der Waals surface area (Å²) >= 11 is 2.34. The molecule has 0 saturated carbocycles. The number of aromatic nitrogens is 1. The lowest BCUT2D eigenvalue weighted by Crippen LogP contribution is -2.23. The molecule has 0 atom stereocenters. The Hall–Kier alpha value is -0.810.